The summed E-state index contributed by atoms with van der Waals surface area (Å²) in [6.07, 6.45) is 3.44. The fourth-order valence-electron chi connectivity index (χ4n) is 3.80. The van der Waals surface area contributed by atoms with Gasteiger partial charge in [0.2, 0.25) is 0 Å². The smallest absolute Gasteiger partial charge is 0.266 e. The minimum atomic E-state index is -3.00. The van der Waals surface area contributed by atoms with E-state index >= 15 is 0 Å². The van der Waals surface area contributed by atoms with Gasteiger partial charge >= 0.3 is 0 Å². The molecule has 0 fully saturated rings. The van der Waals surface area contributed by atoms with Crippen LogP contribution < -0.4 is 0 Å². The third-order valence-corrected chi connectivity index (χ3v) is 5.21. The summed E-state index contributed by atoms with van der Waals surface area (Å²) in [6.45, 7) is 0. The van der Waals surface area contributed by atoms with E-state index in [1.165, 1.54) is 12.1 Å². The van der Waals surface area contributed by atoms with E-state index in [0.717, 1.165) is 16.6 Å². The Morgan fingerprint density at radius 1 is 0.688 bits per heavy atom. The second-order valence-electron chi connectivity index (χ2n) is 7.09. The Hall–Kier alpha value is -3.27. The first-order valence-corrected chi connectivity index (χ1v) is 9.82. The van der Waals surface area contributed by atoms with Crippen molar-refractivity contribution in [1.82, 2.24) is 9.97 Å². The van der Waals surface area contributed by atoms with E-state index in [9.17, 15) is 8.78 Å². The molecule has 32 heavy (non-hydrogen) atoms. The topological polar surface area (TPSA) is 25.8 Å². The molecule has 1 aliphatic carbocycles. The van der Waals surface area contributed by atoms with Gasteiger partial charge in [-0.15, -0.1) is 65.7 Å². The van der Waals surface area contributed by atoms with E-state index < -0.39 is 5.92 Å². The maximum atomic E-state index is 14.6. The van der Waals surface area contributed by atoms with E-state index in [0.29, 0.717) is 16.6 Å². The minimum absolute atomic E-state index is 0. The van der Waals surface area contributed by atoms with Crippen molar-refractivity contribution in [2.45, 2.75) is 5.92 Å². The van der Waals surface area contributed by atoms with Crippen LogP contribution in [0, 0.1) is 12.1 Å². The zero-order valence-electron chi connectivity index (χ0n) is 16.7. The molecule has 1 aliphatic rings. The Balaban J connectivity index is 0.000000164. The van der Waals surface area contributed by atoms with Crippen LogP contribution >= 0.6 is 0 Å². The number of aromatic nitrogens is 2. The number of hydrogen-bond donors (Lipinski definition) is 0. The summed E-state index contributed by atoms with van der Waals surface area (Å²) in [4.78, 5) is 8.50. The Bertz CT molecular complexity index is 1310. The number of pyridine rings is 2. The Kier molecular flexibility index (Phi) is 6.22. The number of hydrogen-bond acceptors (Lipinski definition) is 2. The van der Waals surface area contributed by atoms with Crippen molar-refractivity contribution in [3.05, 3.63) is 121 Å². The summed E-state index contributed by atoms with van der Waals surface area (Å²) in [5.74, 6) is -3.00. The molecule has 1 radical (unpaired) electrons. The molecule has 0 saturated carbocycles. The van der Waals surface area contributed by atoms with E-state index in [1.54, 1.807) is 36.7 Å². The molecule has 159 valence electrons. The Labute approximate surface area is 198 Å². The van der Waals surface area contributed by atoms with Crippen LogP contribution in [-0.4, -0.2) is 9.97 Å². The van der Waals surface area contributed by atoms with Gasteiger partial charge in [0.1, 0.15) is 0 Å². The van der Waals surface area contributed by atoms with Gasteiger partial charge < -0.3 is 9.97 Å². The van der Waals surface area contributed by atoms with Crippen molar-refractivity contribution in [3.8, 4) is 22.5 Å². The van der Waals surface area contributed by atoms with Crippen LogP contribution in [-0.2, 0) is 26.0 Å². The normalized spacial score (nSPS) is 12.7. The summed E-state index contributed by atoms with van der Waals surface area (Å²) in [5, 5.41) is 1.31. The van der Waals surface area contributed by atoms with E-state index in [-0.39, 0.29) is 31.2 Å². The third kappa shape index (κ3) is 3.86. The predicted octanol–water partition coefficient (Wildman–Crippen LogP) is 6.70. The van der Waals surface area contributed by atoms with E-state index in [2.05, 4.69) is 22.1 Å². The molecule has 0 unspecified atom stereocenters. The molecule has 0 aliphatic heterocycles. The molecule has 0 N–H and O–H groups in total. The van der Waals surface area contributed by atoms with Crippen LogP contribution in [0.3, 0.4) is 0 Å². The number of alkyl halides is 2. The molecule has 2 aromatic heterocycles. The van der Waals surface area contributed by atoms with Gasteiger partial charge in [0.15, 0.2) is 0 Å². The fraction of sp³-hybridized carbons (Fsp3) is 0.0370. The summed E-state index contributed by atoms with van der Waals surface area (Å²) in [6, 6.07) is 31.1. The molecule has 5 heteroatoms. The van der Waals surface area contributed by atoms with Gasteiger partial charge in [-0.1, -0.05) is 35.9 Å². The van der Waals surface area contributed by atoms with E-state index in [4.69, 9.17) is 0 Å². The molecule has 0 saturated heterocycles. The summed E-state index contributed by atoms with van der Waals surface area (Å²) in [5.41, 5.74) is 3.01. The third-order valence-electron chi connectivity index (χ3n) is 5.21. The van der Waals surface area contributed by atoms with Crippen LogP contribution in [0.1, 0.15) is 11.1 Å². The number of fused-ring (bicyclic) bond motifs is 2. The van der Waals surface area contributed by atoms with Crippen molar-refractivity contribution < 1.29 is 28.9 Å². The van der Waals surface area contributed by atoms with Crippen LogP contribution in [0.15, 0.2) is 97.3 Å². The van der Waals surface area contributed by atoms with Crippen LogP contribution in [0.25, 0.3) is 33.3 Å². The minimum Gasteiger partial charge on any atom is -0.305 e. The van der Waals surface area contributed by atoms with Crippen molar-refractivity contribution in [2.24, 2.45) is 0 Å². The largest absolute Gasteiger partial charge is 0.305 e. The number of benzene rings is 3. The van der Waals surface area contributed by atoms with Crippen molar-refractivity contribution >= 4 is 10.8 Å². The van der Waals surface area contributed by atoms with Gasteiger partial charge in [0.05, 0.1) is 0 Å². The van der Waals surface area contributed by atoms with Gasteiger partial charge in [-0.25, -0.2) is 8.78 Å². The van der Waals surface area contributed by atoms with Crippen LogP contribution in [0.4, 0.5) is 8.78 Å². The van der Waals surface area contributed by atoms with Gasteiger partial charge in [-0.05, 0) is 34.3 Å². The quantitative estimate of drug-likeness (QED) is 0.201. The predicted molar refractivity (Wildman–Crippen MR) is 118 cm³/mol. The SMILES string of the molecule is FC1(F)c2ccc[c-]c2-c2nccc3cccc1c23.[Ir].[c-]1ccccc1-c1ccccn1. The van der Waals surface area contributed by atoms with Crippen LogP contribution in [0.2, 0.25) is 0 Å². The maximum absolute atomic E-state index is 14.6. The van der Waals surface area contributed by atoms with Gasteiger partial charge in [0.25, 0.3) is 5.92 Å². The van der Waals surface area contributed by atoms with Crippen molar-refractivity contribution in [2.75, 3.05) is 0 Å². The summed E-state index contributed by atoms with van der Waals surface area (Å²) >= 11 is 0. The zero-order chi connectivity index (χ0) is 21.3. The Morgan fingerprint density at radius 2 is 1.50 bits per heavy atom. The molecule has 2 heterocycles. The maximum Gasteiger partial charge on any atom is 0.266 e. The molecule has 5 aromatic rings. The average molecular weight is 599 g/mol. The second-order valence-corrected chi connectivity index (χ2v) is 7.09. The summed E-state index contributed by atoms with van der Waals surface area (Å²) < 4.78 is 29.2. The van der Waals surface area contributed by atoms with Gasteiger partial charge in [-0.2, -0.15) is 0 Å². The summed E-state index contributed by atoms with van der Waals surface area (Å²) in [7, 11) is 0. The zero-order valence-corrected chi connectivity index (χ0v) is 19.1. The first-order chi connectivity index (χ1) is 15.2. The first kappa shape index (κ1) is 21.9. The van der Waals surface area contributed by atoms with Crippen LogP contribution in [0.5, 0.6) is 0 Å². The molecule has 3 aromatic carbocycles. The number of nitrogens with zero attached hydrogens (tertiary/aromatic N) is 2. The molecule has 0 amide bonds. The fourth-order valence-corrected chi connectivity index (χ4v) is 3.80. The van der Waals surface area contributed by atoms with Gasteiger partial charge in [-0.3, -0.25) is 0 Å². The molecule has 2 nitrogen and oxygen atoms in total. The molecule has 0 atom stereocenters. The Morgan fingerprint density at radius 3 is 2.28 bits per heavy atom. The average Bonchev–Trinajstić information content (AvgIpc) is 2.84. The second kappa shape index (κ2) is 9.07. The molecule has 0 bridgehead atoms. The number of halogens is 2. The standard InChI is InChI=1S/C16H8F2N.C11H8N.Ir/c17-16(18)12-6-2-1-5-11(12)15-14-10(8-9-19-15)4-3-7-13(14)16;1-2-6-10(7-3-1)11-8-4-5-9-12-11;/h1-4,6-9H;1-6,8-9H;/q2*-1;. The molecular weight excluding hydrogens is 583 g/mol. The first-order valence-electron chi connectivity index (χ1n) is 9.82. The molecule has 0 spiro atoms. The van der Waals surface area contributed by atoms with Crippen molar-refractivity contribution in [3.63, 3.8) is 0 Å². The van der Waals surface area contributed by atoms with Gasteiger partial charge in [0, 0.05) is 38.1 Å². The number of rotatable bonds is 1. The van der Waals surface area contributed by atoms with E-state index in [1.807, 2.05) is 48.5 Å². The molecule has 6 rings (SSSR count). The molecular formula is C27H16F2IrN2-2. The van der Waals surface area contributed by atoms with Crippen molar-refractivity contribution in [1.29, 1.82) is 0 Å². The monoisotopic (exact) mass is 599 g/mol.